The number of alkyl halides is 2. The summed E-state index contributed by atoms with van der Waals surface area (Å²) in [5, 5.41) is 2.27. The highest BCUT2D eigenvalue weighted by Gasteiger charge is 2.39. The average molecular weight is 578 g/mol. The number of imide groups is 1. The minimum Gasteiger partial charge on any atom is -0.435 e. The van der Waals surface area contributed by atoms with Gasteiger partial charge in [0, 0.05) is 36.7 Å². The number of ether oxygens (including phenoxy) is 2. The van der Waals surface area contributed by atoms with Gasteiger partial charge in [-0.3, -0.25) is 24.6 Å². The Morgan fingerprint density at radius 1 is 0.976 bits per heavy atom. The molecule has 218 valence electrons. The number of hydrogen-bond acceptors (Lipinski definition) is 6. The quantitative estimate of drug-likeness (QED) is 0.396. The summed E-state index contributed by atoms with van der Waals surface area (Å²) in [7, 11) is 1.56. The summed E-state index contributed by atoms with van der Waals surface area (Å²) in [6, 6.07) is 17.8. The Balaban J connectivity index is 1.24. The Morgan fingerprint density at radius 3 is 2.21 bits per heavy atom. The second-order valence-electron chi connectivity index (χ2n) is 10.7. The van der Waals surface area contributed by atoms with Crippen molar-refractivity contribution in [3.05, 3.63) is 89.0 Å². The number of carbonyl (C=O) groups excluding carboxylic acids is 4. The third-order valence-corrected chi connectivity index (χ3v) is 7.76. The van der Waals surface area contributed by atoms with Gasteiger partial charge < -0.3 is 14.4 Å². The fourth-order valence-corrected chi connectivity index (χ4v) is 5.19. The molecule has 9 nitrogen and oxygen atoms in total. The van der Waals surface area contributed by atoms with E-state index in [9.17, 15) is 28.0 Å². The molecule has 4 amide bonds. The second-order valence-corrected chi connectivity index (χ2v) is 10.7. The first-order valence-corrected chi connectivity index (χ1v) is 13.3. The van der Waals surface area contributed by atoms with Crippen LogP contribution >= 0.6 is 0 Å². The lowest BCUT2D eigenvalue weighted by Crippen LogP contribution is -2.52. The number of anilines is 1. The van der Waals surface area contributed by atoms with E-state index in [4.69, 9.17) is 4.74 Å². The normalized spacial score (nSPS) is 16.8. The molecule has 3 aromatic carbocycles. The molecule has 0 aromatic heterocycles. The minimum atomic E-state index is -2.89. The van der Waals surface area contributed by atoms with Crippen molar-refractivity contribution in [1.82, 2.24) is 10.2 Å². The Hall–Kier alpha value is -4.80. The number of fused-ring (bicyclic) bond motifs is 1. The lowest BCUT2D eigenvalue weighted by atomic mass is 9.78. The predicted octanol–water partition coefficient (Wildman–Crippen LogP) is 5.01. The molecule has 1 unspecified atom stereocenters. The van der Waals surface area contributed by atoms with Crippen molar-refractivity contribution < 1.29 is 37.4 Å². The number of amides is 4. The zero-order valence-electron chi connectivity index (χ0n) is 23.2. The molecule has 11 heteroatoms. The lowest BCUT2D eigenvalue weighted by molar-refractivity contribution is -0.136. The lowest BCUT2D eigenvalue weighted by Gasteiger charge is -2.29. The molecule has 0 aliphatic carbocycles. The first-order chi connectivity index (χ1) is 19.9. The standard InChI is InChI=1S/C31H29F2N3O6/c1-31(2,20-7-12-22(13-8-20)41-29(32)33)19-5-9-21(10-6-19)35(3)30(40)42-23-11-4-18-17-36(28(39)24(18)16-23)25-14-15-26(37)34-27(25)38/h4-13,16,25,29H,14-15,17H2,1-3H3,(H,34,37,38). The van der Waals surface area contributed by atoms with E-state index in [0.717, 1.165) is 11.1 Å². The molecule has 1 saturated heterocycles. The average Bonchev–Trinajstić information content (AvgIpc) is 3.28. The van der Waals surface area contributed by atoms with E-state index in [2.05, 4.69) is 10.1 Å². The van der Waals surface area contributed by atoms with E-state index in [-0.39, 0.29) is 42.7 Å². The van der Waals surface area contributed by atoms with Crippen molar-refractivity contribution in [2.24, 2.45) is 0 Å². The fraction of sp³-hybridized carbons (Fsp3) is 0.290. The van der Waals surface area contributed by atoms with Gasteiger partial charge in [-0.05, 0) is 59.5 Å². The number of carbonyl (C=O) groups is 4. The van der Waals surface area contributed by atoms with Crippen LogP contribution in [0.4, 0.5) is 19.3 Å². The van der Waals surface area contributed by atoms with Crippen molar-refractivity contribution in [1.29, 1.82) is 0 Å². The Kier molecular flexibility index (Phi) is 7.68. The summed E-state index contributed by atoms with van der Waals surface area (Å²) in [5.41, 5.74) is 2.99. The Bertz CT molecular complexity index is 1540. The smallest absolute Gasteiger partial charge is 0.419 e. The molecule has 1 atom stereocenters. The van der Waals surface area contributed by atoms with Crippen molar-refractivity contribution in [2.45, 2.75) is 51.3 Å². The number of nitrogens with one attached hydrogen (secondary N) is 1. The van der Waals surface area contributed by atoms with Crippen LogP contribution in [-0.2, 0) is 21.5 Å². The molecule has 5 rings (SSSR count). The van der Waals surface area contributed by atoms with Crippen molar-refractivity contribution in [3.63, 3.8) is 0 Å². The van der Waals surface area contributed by atoms with Gasteiger partial charge in [0.15, 0.2) is 0 Å². The third-order valence-electron chi connectivity index (χ3n) is 7.76. The molecule has 1 N–H and O–H groups in total. The van der Waals surface area contributed by atoms with Crippen molar-refractivity contribution >= 4 is 29.5 Å². The van der Waals surface area contributed by atoms with E-state index >= 15 is 0 Å². The van der Waals surface area contributed by atoms with E-state index in [1.807, 2.05) is 26.0 Å². The van der Waals surface area contributed by atoms with Gasteiger partial charge in [0.25, 0.3) is 5.91 Å². The molecule has 0 spiro atoms. The van der Waals surface area contributed by atoms with Crippen LogP contribution < -0.4 is 19.7 Å². The van der Waals surface area contributed by atoms with Crippen LogP contribution in [0.5, 0.6) is 11.5 Å². The molecular formula is C31H29F2N3O6. The van der Waals surface area contributed by atoms with Gasteiger partial charge >= 0.3 is 12.7 Å². The molecular weight excluding hydrogens is 548 g/mol. The van der Waals surface area contributed by atoms with Gasteiger partial charge in [0.2, 0.25) is 11.8 Å². The number of hydrogen-bond donors (Lipinski definition) is 1. The highest BCUT2D eigenvalue weighted by Crippen LogP contribution is 2.34. The van der Waals surface area contributed by atoms with Gasteiger partial charge in [0.05, 0.1) is 0 Å². The van der Waals surface area contributed by atoms with E-state index in [0.29, 0.717) is 16.8 Å². The Morgan fingerprint density at radius 2 is 1.60 bits per heavy atom. The number of benzene rings is 3. The zero-order chi connectivity index (χ0) is 30.2. The highest BCUT2D eigenvalue weighted by molar-refractivity contribution is 6.05. The molecule has 1 fully saturated rings. The number of halogens is 2. The van der Waals surface area contributed by atoms with Crippen molar-refractivity contribution in [2.75, 3.05) is 11.9 Å². The van der Waals surface area contributed by atoms with Gasteiger partial charge in [-0.1, -0.05) is 44.2 Å². The van der Waals surface area contributed by atoms with Crippen LogP contribution in [-0.4, -0.2) is 48.4 Å². The number of piperidine rings is 1. The molecule has 0 radical (unpaired) electrons. The Labute approximate surface area is 241 Å². The summed E-state index contributed by atoms with van der Waals surface area (Å²) in [4.78, 5) is 52.5. The third kappa shape index (κ3) is 5.67. The van der Waals surface area contributed by atoms with Gasteiger partial charge in [-0.15, -0.1) is 0 Å². The molecule has 2 aliphatic rings. The van der Waals surface area contributed by atoms with Crippen LogP contribution in [0.3, 0.4) is 0 Å². The van der Waals surface area contributed by atoms with E-state index in [1.54, 1.807) is 43.4 Å². The summed E-state index contributed by atoms with van der Waals surface area (Å²) < 4.78 is 34.9. The van der Waals surface area contributed by atoms with Crippen LogP contribution in [0.1, 0.15) is 53.7 Å². The first kappa shape index (κ1) is 28.7. The monoisotopic (exact) mass is 577 g/mol. The predicted molar refractivity (Wildman–Crippen MR) is 149 cm³/mol. The van der Waals surface area contributed by atoms with E-state index in [1.165, 1.54) is 28.0 Å². The fourth-order valence-electron chi connectivity index (χ4n) is 5.19. The largest absolute Gasteiger partial charge is 0.435 e. The topological polar surface area (TPSA) is 105 Å². The maximum absolute atomic E-state index is 13.1. The van der Waals surface area contributed by atoms with Crippen LogP contribution in [0.25, 0.3) is 0 Å². The zero-order valence-corrected chi connectivity index (χ0v) is 23.2. The first-order valence-electron chi connectivity index (χ1n) is 13.3. The molecule has 3 aromatic rings. The minimum absolute atomic E-state index is 0.0828. The summed E-state index contributed by atoms with van der Waals surface area (Å²) in [6.45, 7) is 1.34. The van der Waals surface area contributed by atoms with Crippen LogP contribution in [0.2, 0.25) is 0 Å². The summed E-state index contributed by atoms with van der Waals surface area (Å²) in [5.74, 6) is -0.944. The summed E-state index contributed by atoms with van der Waals surface area (Å²) >= 11 is 0. The molecule has 0 bridgehead atoms. The van der Waals surface area contributed by atoms with Crippen LogP contribution in [0.15, 0.2) is 66.7 Å². The summed E-state index contributed by atoms with van der Waals surface area (Å²) in [6.07, 6.45) is -0.240. The van der Waals surface area contributed by atoms with Gasteiger partial charge in [-0.2, -0.15) is 8.78 Å². The molecule has 2 heterocycles. The van der Waals surface area contributed by atoms with Gasteiger partial charge in [-0.25, -0.2) is 4.79 Å². The second kappa shape index (κ2) is 11.2. The van der Waals surface area contributed by atoms with Gasteiger partial charge in [0.1, 0.15) is 17.5 Å². The van der Waals surface area contributed by atoms with E-state index < -0.39 is 30.1 Å². The maximum Gasteiger partial charge on any atom is 0.419 e. The van der Waals surface area contributed by atoms with Crippen molar-refractivity contribution in [3.8, 4) is 11.5 Å². The number of nitrogens with zero attached hydrogens (tertiary/aromatic N) is 2. The highest BCUT2D eigenvalue weighted by atomic mass is 19.3. The number of rotatable bonds is 7. The molecule has 0 saturated carbocycles. The molecule has 42 heavy (non-hydrogen) atoms. The SMILES string of the molecule is CN(C(=O)Oc1ccc2c(c1)C(=O)N(C1CCC(=O)NC1=O)C2)c1ccc(C(C)(C)c2ccc(OC(F)F)cc2)cc1. The van der Waals surface area contributed by atoms with Crippen LogP contribution in [0, 0.1) is 0 Å². The molecule has 2 aliphatic heterocycles. The maximum atomic E-state index is 13.1.